The second kappa shape index (κ2) is 9.02. The number of rotatable bonds is 7. The molecular formula is C20H26N2O2S. The number of carbonyl (C=O) groups excluding carboxylic acids is 1. The van der Waals surface area contributed by atoms with Gasteiger partial charge in [0.05, 0.1) is 0 Å². The fourth-order valence-corrected chi connectivity index (χ4v) is 4.12. The molecule has 5 heteroatoms. The Kier molecular flexibility index (Phi) is 6.48. The summed E-state index contributed by atoms with van der Waals surface area (Å²) in [6, 6.07) is 12.1. The zero-order valence-corrected chi connectivity index (χ0v) is 15.6. The van der Waals surface area contributed by atoms with Crippen LogP contribution in [-0.2, 0) is 4.79 Å². The predicted molar refractivity (Wildman–Crippen MR) is 102 cm³/mol. The van der Waals surface area contributed by atoms with Crippen LogP contribution in [0, 0.1) is 6.92 Å². The van der Waals surface area contributed by atoms with Gasteiger partial charge >= 0.3 is 0 Å². The highest BCUT2D eigenvalue weighted by atomic mass is 32.1. The molecule has 1 aromatic heterocycles. The van der Waals surface area contributed by atoms with Gasteiger partial charge in [-0.05, 0) is 67.9 Å². The number of hydrogen-bond acceptors (Lipinski definition) is 4. The van der Waals surface area contributed by atoms with Gasteiger partial charge < -0.3 is 15.0 Å². The fourth-order valence-electron chi connectivity index (χ4n) is 3.22. The van der Waals surface area contributed by atoms with E-state index in [9.17, 15) is 4.79 Å². The maximum Gasteiger partial charge on any atom is 0.257 e. The van der Waals surface area contributed by atoms with E-state index in [0.717, 1.165) is 30.9 Å². The van der Waals surface area contributed by atoms with Crippen LogP contribution >= 0.6 is 11.3 Å². The lowest BCUT2D eigenvalue weighted by atomic mass is 9.95. The monoisotopic (exact) mass is 358 g/mol. The summed E-state index contributed by atoms with van der Waals surface area (Å²) in [5.74, 6) is 1.40. The Hall–Kier alpha value is -1.85. The van der Waals surface area contributed by atoms with Gasteiger partial charge in [-0.1, -0.05) is 18.2 Å². The first-order valence-electron chi connectivity index (χ1n) is 8.92. The number of thiophene rings is 1. The molecule has 1 N–H and O–H groups in total. The molecule has 134 valence electrons. The Bertz CT molecular complexity index is 664. The van der Waals surface area contributed by atoms with Crippen LogP contribution in [0.15, 0.2) is 41.8 Å². The Morgan fingerprint density at radius 1 is 1.28 bits per heavy atom. The molecule has 1 saturated heterocycles. The third-order valence-corrected chi connectivity index (χ3v) is 5.68. The minimum absolute atomic E-state index is 0.0602. The highest BCUT2D eigenvalue weighted by Gasteiger charge is 2.20. The standard InChI is InChI=1S/C20H26N2O2S/c1-16-4-2-5-18(14-16)24-15-20(23)21-9-12-22-10-7-17(8-11-22)19-6-3-13-25-19/h2-6,13-14,17H,7-12,15H2,1H3,(H,21,23). The van der Waals surface area contributed by atoms with Gasteiger partial charge in [-0.2, -0.15) is 0 Å². The van der Waals surface area contributed by atoms with Crippen LogP contribution in [0.3, 0.4) is 0 Å². The summed E-state index contributed by atoms with van der Waals surface area (Å²) in [4.78, 5) is 15.8. The maximum atomic E-state index is 11.9. The smallest absolute Gasteiger partial charge is 0.257 e. The molecule has 1 amide bonds. The van der Waals surface area contributed by atoms with Crippen molar-refractivity contribution < 1.29 is 9.53 Å². The van der Waals surface area contributed by atoms with E-state index in [1.54, 1.807) is 0 Å². The van der Waals surface area contributed by atoms with Gasteiger partial charge in [0.1, 0.15) is 5.75 Å². The summed E-state index contributed by atoms with van der Waals surface area (Å²) in [7, 11) is 0. The Morgan fingerprint density at radius 3 is 2.84 bits per heavy atom. The lowest BCUT2D eigenvalue weighted by Gasteiger charge is -2.31. The molecule has 2 aromatic rings. The van der Waals surface area contributed by atoms with E-state index in [1.165, 1.54) is 17.7 Å². The van der Waals surface area contributed by atoms with Crippen molar-refractivity contribution in [1.29, 1.82) is 0 Å². The van der Waals surface area contributed by atoms with Crippen molar-refractivity contribution in [2.45, 2.75) is 25.7 Å². The number of hydrogen-bond donors (Lipinski definition) is 1. The van der Waals surface area contributed by atoms with E-state index in [2.05, 4.69) is 27.7 Å². The number of nitrogens with one attached hydrogen (secondary N) is 1. The highest BCUT2D eigenvalue weighted by molar-refractivity contribution is 7.10. The third-order valence-electron chi connectivity index (χ3n) is 4.64. The Labute approximate surface area is 153 Å². The molecule has 2 heterocycles. The number of likely N-dealkylation sites (tertiary alicyclic amines) is 1. The molecule has 1 aliphatic heterocycles. The summed E-state index contributed by atoms with van der Waals surface area (Å²) in [5.41, 5.74) is 1.13. The summed E-state index contributed by atoms with van der Waals surface area (Å²) >= 11 is 1.87. The molecule has 0 aliphatic carbocycles. The zero-order chi connectivity index (χ0) is 17.5. The second-order valence-electron chi connectivity index (χ2n) is 6.59. The molecular weight excluding hydrogens is 332 g/mol. The third kappa shape index (κ3) is 5.58. The maximum absolute atomic E-state index is 11.9. The van der Waals surface area contributed by atoms with Gasteiger partial charge in [-0.25, -0.2) is 0 Å². The van der Waals surface area contributed by atoms with E-state index in [1.807, 2.05) is 42.5 Å². The average molecular weight is 359 g/mol. The molecule has 1 aromatic carbocycles. The summed E-state index contributed by atoms with van der Waals surface area (Å²) in [6.07, 6.45) is 2.43. The quantitative estimate of drug-likeness (QED) is 0.824. The van der Waals surface area contributed by atoms with E-state index in [-0.39, 0.29) is 12.5 Å². The van der Waals surface area contributed by atoms with Crippen LogP contribution in [0.5, 0.6) is 5.75 Å². The van der Waals surface area contributed by atoms with Crippen molar-refractivity contribution in [3.63, 3.8) is 0 Å². The first-order chi connectivity index (χ1) is 12.2. The van der Waals surface area contributed by atoms with E-state index < -0.39 is 0 Å². The minimum atomic E-state index is -0.0602. The molecule has 1 fully saturated rings. The molecule has 0 bridgehead atoms. The van der Waals surface area contributed by atoms with Crippen molar-refractivity contribution in [2.75, 3.05) is 32.8 Å². The summed E-state index contributed by atoms with van der Waals surface area (Å²) in [5, 5.41) is 5.11. The van der Waals surface area contributed by atoms with Gasteiger partial charge in [-0.15, -0.1) is 11.3 Å². The Balaban J connectivity index is 1.30. The zero-order valence-electron chi connectivity index (χ0n) is 14.7. The van der Waals surface area contributed by atoms with Gasteiger partial charge in [0.15, 0.2) is 6.61 Å². The highest BCUT2D eigenvalue weighted by Crippen LogP contribution is 2.30. The molecule has 0 radical (unpaired) electrons. The summed E-state index contributed by atoms with van der Waals surface area (Å²) in [6.45, 7) is 5.89. The Morgan fingerprint density at radius 2 is 2.12 bits per heavy atom. The first-order valence-corrected chi connectivity index (χ1v) is 9.80. The predicted octanol–water partition coefficient (Wildman–Crippen LogP) is 3.43. The molecule has 0 spiro atoms. The number of carbonyl (C=O) groups is 1. The molecule has 0 saturated carbocycles. The molecule has 0 unspecified atom stereocenters. The molecule has 3 rings (SSSR count). The number of aryl methyl sites for hydroxylation is 1. The van der Waals surface area contributed by atoms with Gasteiger partial charge in [-0.3, -0.25) is 4.79 Å². The molecule has 25 heavy (non-hydrogen) atoms. The van der Waals surface area contributed by atoms with Crippen LogP contribution in [-0.4, -0.2) is 43.6 Å². The molecule has 0 atom stereocenters. The fraction of sp³-hybridized carbons (Fsp3) is 0.450. The van der Waals surface area contributed by atoms with Crippen LogP contribution in [0.25, 0.3) is 0 Å². The second-order valence-corrected chi connectivity index (χ2v) is 7.57. The molecule has 1 aliphatic rings. The normalized spacial score (nSPS) is 15.9. The van der Waals surface area contributed by atoms with Crippen molar-refractivity contribution >= 4 is 17.2 Å². The van der Waals surface area contributed by atoms with Crippen molar-refractivity contribution in [2.24, 2.45) is 0 Å². The minimum Gasteiger partial charge on any atom is -0.484 e. The van der Waals surface area contributed by atoms with E-state index in [0.29, 0.717) is 12.5 Å². The van der Waals surface area contributed by atoms with Crippen LogP contribution < -0.4 is 10.1 Å². The van der Waals surface area contributed by atoms with Crippen LogP contribution in [0.2, 0.25) is 0 Å². The van der Waals surface area contributed by atoms with Gasteiger partial charge in [0.2, 0.25) is 0 Å². The number of piperidine rings is 1. The van der Waals surface area contributed by atoms with Gasteiger partial charge in [0.25, 0.3) is 5.91 Å². The average Bonchev–Trinajstić information content (AvgIpc) is 3.15. The lowest BCUT2D eigenvalue weighted by molar-refractivity contribution is -0.123. The number of nitrogens with zero attached hydrogens (tertiary/aromatic N) is 1. The first kappa shape index (κ1) is 18.0. The van der Waals surface area contributed by atoms with E-state index in [4.69, 9.17) is 4.74 Å². The lowest BCUT2D eigenvalue weighted by Crippen LogP contribution is -2.40. The van der Waals surface area contributed by atoms with Crippen molar-refractivity contribution in [3.05, 3.63) is 52.2 Å². The molecule has 4 nitrogen and oxygen atoms in total. The van der Waals surface area contributed by atoms with Crippen LogP contribution in [0.1, 0.15) is 29.2 Å². The summed E-state index contributed by atoms with van der Waals surface area (Å²) < 4.78 is 5.52. The van der Waals surface area contributed by atoms with Crippen LogP contribution in [0.4, 0.5) is 0 Å². The van der Waals surface area contributed by atoms with Crippen molar-refractivity contribution in [1.82, 2.24) is 10.2 Å². The van der Waals surface area contributed by atoms with E-state index >= 15 is 0 Å². The number of ether oxygens (including phenoxy) is 1. The SMILES string of the molecule is Cc1cccc(OCC(=O)NCCN2CCC(c3cccs3)CC2)c1. The number of amides is 1. The van der Waals surface area contributed by atoms with Crippen molar-refractivity contribution in [3.8, 4) is 5.75 Å². The topological polar surface area (TPSA) is 41.6 Å². The largest absolute Gasteiger partial charge is 0.484 e. The number of benzene rings is 1. The van der Waals surface area contributed by atoms with Gasteiger partial charge in [0, 0.05) is 18.0 Å².